The number of phenols is 1. The van der Waals surface area contributed by atoms with Gasteiger partial charge in [0.15, 0.2) is 0 Å². The van der Waals surface area contributed by atoms with Crippen molar-refractivity contribution < 1.29 is 47.1 Å². The predicted octanol–water partition coefficient (Wildman–Crippen LogP) is 0.399. The molecule has 0 radical (unpaired) electrons. The predicted molar refractivity (Wildman–Crippen MR) is 51.4 cm³/mol. The van der Waals surface area contributed by atoms with Gasteiger partial charge in [0.05, 0.1) is 0 Å². The average Bonchev–Trinajstić information content (AvgIpc) is 2.27. The summed E-state index contributed by atoms with van der Waals surface area (Å²) in [6, 6.07) is 2.97. The van der Waals surface area contributed by atoms with Crippen LogP contribution in [-0.4, -0.2) is 24.5 Å². The molecule has 0 fully saturated rings. The molecule has 0 aliphatic rings. The number of aromatic hydroxyl groups is 1. The third kappa shape index (κ3) is 3.20. The molecule has 0 saturated carbocycles. The first-order valence-corrected chi connectivity index (χ1v) is 9.56. The number of methoxy groups -OCH3 is 1. The van der Waals surface area contributed by atoms with Gasteiger partial charge in [-0.05, 0) is 0 Å². The van der Waals surface area contributed by atoms with Crippen molar-refractivity contribution >= 4 is 15.3 Å². The quantitative estimate of drug-likeness (QED) is 0.574. The van der Waals surface area contributed by atoms with Crippen molar-refractivity contribution in [3.8, 4) is 11.5 Å². The van der Waals surface area contributed by atoms with E-state index in [0.29, 0.717) is 14.9 Å². The van der Waals surface area contributed by atoms with E-state index in [0.717, 1.165) is 0 Å². The minimum absolute atomic E-state index is 0.0315. The Labute approximate surface area is 105 Å². The molecule has 0 bridgehead atoms. The van der Waals surface area contributed by atoms with Crippen molar-refractivity contribution in [3.05, 3.63) is 17.7 Å². The first-order valence-electron chi connectivity index (χ1n) is 4.57. The molecule has 0 heterocycles. The van der Waals surface area contributed by atoms with Gasteiger partial charge in [-0.3, -0.25) is 0 Å². The third-order valence-corrected chi connectivity index (χ3v) is 7.41. The van der Waals surface area contributed by atoms with Crippen LogP contribution < -0.4 is 7.81 Å². The fourth-order valence-electron chi connectivity index (χ4n) is 1.20. The van der Waals surface area contributed by atoms with E-state index in [1.807, 2.05) is 0 Å². The van der Waals surface area contributed by atoms with E-state index in [-0.39, 0.29) is 17.5 Å². The molecule has 1 aromatic rings. The Kier molecular flexibility index (Phi) is 4.73. The molecule has 1 rings (SSSR count). The zero-order valence-electron chi connectivity index (χ0n) is 9.02. The van der Waals surface area contributed by atoms with Gasteiger partial charge in [-0.25, -0.2) is 0 Å². The van der Waals surface area contributed by atoms with Crippen LogP contribution in [-0.2, 0) is 32.5 Å². The Bertz CT molecular complexity index is 416. The van der Waals surface area contributed by atoms with Gasteiger partial charge < -0.3 is 0 Å². The molecule has 0 unspecified atom stereocenters. The molecular formula is C10H10HgO5. The normalized spacial score (nSPS) is 9.12. The van der Waals surface area contributed by atoms with Crippen LogP contribution in [0.2, 0.25) is 0 Å². The van der Waals surface area contributed by atoms with Gasteiger partial charge in [-0.2, -0.15) is 0 Å². The standard InChI is InChI=1S/C8H7O3.C2H4O2.Hg/c1-11-8-4-6(5-9)2-3-7(8)10;1-2(3)4;/h2,4-5,10H,1H3;1H3,(H,3,4);/q;;+1/p-1. The summed E-state index contributed by atoms with van der Waals surface area (Å²) in [4.78, 5) is 21.3. The molecule has 0 spiro atoms. The molecule has 82 valence electrons. The molecule has 0 aromatic heterocycles. The molecule has 1 aromatic carbocycles. The van der Waals surface area contributed by atoms with Crippen molar-refractivity contribution in [1.29, 1.82) is 0 Å². The Morgan fingerprint density at radius 2 is 2.19 bits per heavy atom. The fraction of sp³-hybridized carbons (Fsp3) is 0.200. The summed E-state index contributed by atoms with van der Waals surface area (Å²) in [6.07, 6.45) is 0.660. The van der Waals surface area contributed by atoms with Crippen molar-refractivity contribution in [2.24, 2.45) is 0 Å². The molecule has 6 heteroatoms. The van der Waals surface area contributed by atoms with E-state index >= 15 is 0 Å². The summed E-state index contributed by atoms with van der Waals surface area (Å²) < 4.78 is 10.4. The molecule has 16 heavy (non-hydrogen) atoms. The third-order valence-electron chi connectivity index (χ3n) is 1.96. The van der Waals surface area contributed by atoms with Gasteiger partial charge in [0.25, 0.3) is 0 Å². The van der Waals surface area contributed by atoms with Crippen molar-refractivity contribution in [3.63, 3.8) is 0 Å². The van der Waals surface area contributed by atoms with Crippen LogP contribution in [0.3, 0.4) is 0 Å². The number of carbonyl (C=O) groups is 2. The molecule has 0 saturated heterocycles. The van der Waals surface area contributed by atoms with Crippen LogP contribution in [0.5, 0.6) is 11.5 Å². The monoisotopic (exact) mass is 412 g/mol. The summed E-state index contributed by atoms with van der Waals surface area (Å²) in [5.74, 6) is -0.167. The summed E-state index contributed by atoms with van der Waals surface area (Å²) in [5.41, 5.74) is 0.400. The Hall–Kier alpha value is -1.10. The maximum absolute atomic E-state index is 10.7. The average molecular weight is 411 g/mol. The van der Waals surface area contributed by atoms with E-state index in [1.54, 1.807) is 0 Å². The second-order valence-electron chi connectivity index (χ2n) is 3.13. The van der Waals surface area contributed by atoms with Crippen LogP contribution in [0.4, 0.5) is 0 Å². The van der Waals surface area contributed by atoms with Gasteiger partial charge in [0.1, 0.15) is 0 Å². The summed E-state index contributed by atoms with van der Waals surface area (Å²) in [6.45, 7) is 1.32. The number of rotatable bonds is 4. The number of carbonyl (C=O) groups excluding carboxylic acids is 2. The molecule has 0 amide bonds. The van der Waals surface area contributed by atoms with Gasteiger partial charge in [0.2, 0.25) is 0 Å². The number of aldehydes is 1. The van der Waals surface area contributed by atoms with Gasteiger partial charge in [-0.1, -0.05) is 0 Å². The fourth-order valence-corrected chi connectivity index (χ4v) is 5.05. The summed E-state index contributed by atoms with van der Waals surface area (Å²) in [7, 11) is 1.40. The van der Waals surface area contributed by atoms with E-state index in [4.69, 9.17) is 7.38 Å². The van der Waals surface area contributed by atoms with Gasteiger partial charge in [0, 0.05) is 0 Å². The number of ether oxygens (including phenoxy) is 1. The summed E-state index contributed by atoms with van der Waals surface area (Å²) in [5, 5.41) is 9.74. The zero-order chi connectivity index (χ0) is 12.1. The summed E-state index contributed by atoms with van der Waals surface area (Å²) >= 11 is -2.16. The SMILES string of the molecule is COc1cc(C=O)c[c]([Hg][O]C(C)=O)c1O. The van der Waals surface area contributed by atoms with Crippen LogP contribution >= 0.6 is 0 Å². The second kappa shape index (κ2) is 5.84. The number of hydrogen-bond donors (Lipinski definition) is 1. The van der Waals surface area contributed by atoms with Gasteiger partial charge >= 0.3 is 106 Å². The van der Waals surface area contributed by atoms with Crippen molar-refractivity contribution in [2.45, 2.75) is 6.92 Å². The molecule has 0 atom stereocenters. The molecule has 0 aliphatic carbocycles. The first kappa shape index (κ1) is 13.0. The van der Waals surface area contributed by atoms with E-state index in [1.165, 1.54) is 26.2 Å². The minimum atomic E-state index is -2.16. The molecule has 5 nitrogen and oxygen atoms in total. The number of hydrogen-bond acceptors (Lipinski definition) is 5. The maximum atomic E-state index is 10.7. The van der Waals surface area contributed by atoms with E-state index < -0.39 is 25.0 Å². The Morgan fingerprint density at radius 1 is 1.50 bits per heavy atom. The first-order chi connectivity index (χ1) is 7.58. The zero-order valence-corrected chi connectivity index (χ0v) is 14.5. The topological polar surface area (TPSA) is 72.8 Å². The Balaban J connectivity index is 3.05. The molecule has 0 aliphatic heterocycles. The van der Waals surface area contributed by atoms with Crippen molar-refractivity contribution in [1.82, 2.24) is 0 Å². The van der Waals surface area contributed by atoms with Crippen LogP contribution in [0, 0.1) is 0 Å². The molecular weight excluding hydrogens is 401 g/mol. The Morgan fingerprint density at radius 3 is 2.69 bits per heavy atom. The van der Waals surface area contributed by atoms with Crippen LogP contribution in [0.15, 0.2) is 12.1 Å². The number of benzene rings is 1. The second-order valence-corrected chi connectivity index (χ2v) is 8.33. The van der Waals surface area contributed by atoms with Crippen LogP contribution in [0.25, 0.3) is 0 Å². The van der Waals surface area contributed by atoms with E-state index in [9.17, 15) is 14.7 Å². The van der Waals surface area contributed by atoms with Crippen LogP contribution in [0.1, 0.15) is 17.3 Å². The van der Waals surface area contributed by atoms with E-state index in [2.05, 4.69) is 0 Å². The number of phenolic OH excluding ortho intramolecular Hbond substituents is 1. The van der Waals surface area contributed by atoms with Gasteiger partial charge in [-0.15, -0.1) is 0 Å². The molecule has 1 N–H and O–H groups in total. The van der Waals surface area contributed by atoms with Crippen molar-refractivity contribution in [2.75, 3.05) is 7.11 Å².